The zero-order valence-corrected chi connectivity index (χ0v) is 13.9. The van der Waals surface area contributed by atoms with Gasteiger partial charge in [-0.2, -0.15) is 0 Å². The second-order valence-electron chi connectivity index (χ2n) is 6.43. The van der Waals surface area contributed by atoms with Gasteiger partial charge in [-0.3, -0.25) is 9.69 Å². The van der Waals surface area contributed by atoms with Crippen molar-refractivity contribution in [3.63, 3.8) is 0 Å². The number of hydrogen-bond acceptors (Lipinski definition) is 3. The second-order valence-corrected chi connectivity index (χ2v) is 6.43. The first-order chi connectivity index (χ1) is 10.5. The van der Waals surface area contributed by atoms with Crippen LogP contribution in [0.25, 0.3) is 0 Å². The summed E-state index contributed by atoms with van der Waals surface area (Å²) in [6, 6.07) is 8.15. The number of carbonyl (C=O) groups is 1. The molecule has 0 saturated carbocycles. The first-order valence-electron chi connectivity index (χ1n) is 8.23. The zero-order chi connectivity index (χ0) is 16.1. The molecule has 0 spiro atoms. The van der Waals surface area contributed by atoms with Crippen LogP contribution in [0.2, 0.25) is 0 Å². The number of rotatable bonds is 6. The van der Waals surface area contributed by atoms with Gasteiger partial charge in [0.15, 0.2) is 0 Å². The van der Waals surface area contributed by atoms with Gasteiger partial charge >= 0.3 is 0 Å². The van der Waals surface area contributed by atoms with E-state index < -0.39 is 0 Å². The fraction of sp³-hybridized carbons (Fsp3) is 0.611. The fourth-order valence-electron chi connectivity index (χ4n) is 3.09. The molecule has 1 saturated heterocycles. The molecule has 22 heavy (non-hydrogen) atoms. The van der Waals surface area contributed by atoms with Crippen LogP contribution in [0.3, 0.4) is 0 Å². The van der Waals surface area contributed by atoms with Crippen molar-refractivity contribution in [1.29, 1.82) is 0 Å². The first-order valence-corrected chi connectivity index (χ1v) is 8.23. The molecule has 1 fully saturated rings. The van der Waals surface area contributed by atoms with Crippen LogP contribution in [-0.2, 0) is 11.2 Å². The van der Waals surface area contributed by atoms with Crippen LogP contribution < -0.4 is 5.32 Å². The van der Waals surface area contributed by atoms with Crippen LogP contribution in [0.1, 0.15) is 31.4 Å². The molecule has 1 aliphatic rings. The van der Waals surface area contributed by atoms with E-state index in [4.69, 9.17) is 0 Å². The van der Waals surface area contributed by atoms with E-state index in [1.165, 1.54) is 11.1 Å². The molecule has 1 heterocycles. The molecule has 4 heteroatoms. The average Bonchev–Trinajstić information content (AvgIpc) is 2.98. The van der Waals surface area contributed by atoms with Gasteiger partial charge in [-0.05, 0) is 57.2 Å². The highest BCUT2D eigenvalue weighted by molar-refractivity contribution is 5.81. The Bertz CT molecular complexity index is 502. The highest BCUT2D eigenvalue weighted by Crippen LogP contribution is 2.21. The highest BCUT2D eigenvalue weighted by atomic mass is 16.3. The quantitative estimate of drug-likeness (QED) is 0.842. The van der Waals surface area contributed by atoms with Gasteiger partial charge in [0.05, 0.1) is 12.1 Å². The normalized spacial score (nSPS) is 21.5. The Morgan fingerprint density at radius 1 is 1.41 bits per heavy atom. The third-order valence-corrected chi connectivity index (χ3v) is 4.82. The number of carbonyl (C=O) groups excluding carboxylic acids is 1. The van der Waals surface area contributed by atoms with Crippen LogP contribution in [-0.4, -0.2) is 47.7 Å². The minimum atomic E-state index is -0.290. The van der Waals surface area contributed by atoms with Gasteiger partial charge in [0.1, 0.15) is 0 Å². The molecule has 0 aliphatic carbocycles. The van der Waals surface area contributed by atoms with E-state index in [0.29, 0.717) is 12.5 Å². The Kier molecular flexibility index (Phi) is 5.98. The maximum atomic E-state index is 12.3. The monoisotopic (exact) mass is 304 g/mol. The number of aliphatic hydroxyl groups excluding tert-OH is 1. The van der Waals surface area contributed by atoms with Gasteiger partial charge in [0, 0.05) is 13.1 Å². The van der Waals surface area contributed by atoms with Crippen LogP contribution >= 0.6 is 0 Å². The van der Waals surface area contributed by atoms with Crippen molar-refractivity contribution >= 4 is 5.91 Å². The van der Waals surface area contributed by atoms with Crippen molar-refractivity contribution in [2.45, 2.75) is 45.8 Å². The lowest BCUT2D eigenvalue weighted by molar-refractivity contribution is -0.125. The van der Waals surface area contributed by atoms with Crippen LogP contribution in [0.5, 0.6) is 0 Å². The highest BCUT2D eigenvalue weighted by Gasteiger charge is 2.31. The van der Waals surface area contributed by atoms with Crippen molar-refractivity contribution in [1.82, 2.24) is 10.2 Å². The zero-order valence-electron chi connectivity index (χ0n) is 13.9. The summed E-state index contributed by atoms with van der Waals surface area (Å²) >= 11 is 0. The molecule has 3 atom stereocenters. The number of amides is 1. The van der Waals surface area contributed by atoms with Gasteiger partial charge in [0.2, 0.25) is 5.91 Å². The van der Waals surface area contributed by atoms with E-state index in [0.717, 1.165) is 25.9 Å². The van der Waals surface area contributed by atoms with Crippen molar-refractivity contribution in [3.8, 4) is 0 Å². The summed E-state index contributed by atoms with van der Waals surface area (Å²) in [4.78, 5) is 14.4. The summed E-state index contributed by atoms with van der Waals surface area (Å²) in [5.74, 6) is 0.377. The second kappa shape index (κ2) is 7.75. The summed E-state index contributed by atoms with van der Waals surface area (Å²) in [5.41, 5.74) is 2.55. The Hall–Kier alpha value is -1.39. The Morgan fingerprint density at radius 3 is 2.77 bits per heavy atom. The van der Waals surface area contributed by atoms with Crippen molar-refractivity contribution in [2.24, 2.45) is 5.92 Å². The van der Waals surface area contributed by atoms with E-state index in [2.05, 4.69) is 29.3 Å². The Labute approximate surface area is 133 Å². The molecule has 2 rings (SSSR count). The van der Waals surface area contributed by atoms with Gasteiger partial charge in [-0.1, -0.05) is 24.3 Å². The fourth-order valence-corrected chi connectivity index (χ4v) is 3.09. The van der Waals surface area contributed by atoms with Crippen LogP contribution in [0, 0.1) is 12.8 Å². The molecule has 1 aliphatic heterocycles. The summed E-state index contributed by atoms with van der Waals surface area (Å²) in [6.45, 7) is 8.25. The molecule has 0 aromatic heterocycles. The standard InChI is InChI=1S/C18H28N2O2/c1-13-6-4-5-7-16(13)8-10-19-18(22)14(2)20-11-9-17(12-20)15(3)21/h4-7,14-15,17,21H,8-12H2,1-3H3,(H,19,22). The number of aliphatic hydroxyl groups is 1. The number of aryl methyl sites for hydroxylation is 1. The molecule has 1 amide bonds. The van der Waals surface area contributed by atoms with Gasteiger partial charge in [0.25, 0.3) is 0 Å². The number of likely N-dealkylation sites (tertiary alicyclic amines) is 1. The van der Waals surface area contributed by atoms with E-state index in [9.17, 15) is 9.90 Å². The number of hydrogen-bond donors (Lipinski definition) is 2. The lowest BCUT2D eigenvalue weighted by Gasteiger charge is -2.24. The molecule has 2 N–H and O–H groups in total. The van der Waals surface area contributed by atoms with Gasteiger partial charge in [-0.25, -0.2) is 0 Å². The third-order valence-electron chi connectivity index (χ3n) is 4.82. The van der Waals surface area contributed by atoms with Crippen LogP contribution in [0.15, 0.2) is 24.3 Å². The van der Waals surface area contributed by atoms with Crippen molar-refractivity contribution < 1.29 is 9.90 Å². The number of nitrogens with one attached hydrogen (secondary N) is 1. The van der Waals surface area contributed by atoms with Gasteiger partial charge in [-0.15, -0.1) is 0 Å². The van der Waals surface area contributed by atoms with Crippen molar-refractivity contribution in [2.75, 3.05) is 19.6 Å². The van der Waals surface area contributed by atoms with Crippen molar-refractivity contribution in [3.05, 3.63) is 35.4 Å². The summed E-state index contributed by atoms with van der Waals surface area (Å²) in [7, 11) is 0. The van der Waals surface area contributed by atoms with E-state index in [1.807, 2.05) is 26.0 Å². The SMILES string of the molecule is Cc1ccccc1CCNC(=O)C(C)N1CCC(C(C)O)C1. The Balaban J connectivity index is 1.76. The largest absolute Gasteiger partial charge is 0.393 e. The predicted molar refractivity (Wildman–Crippen MR) is 88.7 cm³/mol. The molecule has 3 unspecified atom stereocenters. The molecule has 0 bridgehead atoms. The van der Waals surface area contributed by atoms with E-state index in [1.54, 1.807) is 0 Å². The summed E-state index contributed by atoms with van der Waals surface area (Å²) in [6.07, 6.45) is 1.54. The molecule has 1 aromatic rings. The first kappa shape index (κ1) is 17.0. The van der Waals surface area contributed by atoms with Crippen LogP contribution in [0.4, 0.5) is 0 Å². The molecular weight excluding hydrogens is 276 g/mol. The summed E-state index contributed by atoms with van der Waals surface area (Å²) in [5, 5.41) is 12.7. The minimum absolute atomic E-state index is 0.0832. The third kappa shape index (κ3) is 4.31. The lowest BCUT2D eigenvalue weighted by Crippen LogP contribution is -2.45. The minimum Gasteiger partial charge on any atom is -0.393 e. The molecule has 4 nitrogen and oxygen atoms in total. The molecular formula is C18H28N2O2. The summed E-state index contributed by atoms with van der Waals surface area (Å²) < 4.78 is 0. The average molecular weight is 304 g/mol. The van der Waals surface area contributed by atoms with Gasteiger partial charge < -0.3 is 10.4 Å². The van der Waals surface area contributed by atoms with E-state index >= 15 is 0 Å². The maximum Gasteiger partial charge on any atom is 0.237 e. The smallest absolute Gasteiger partial charge is 0.237 e. The van der Waals surface area contributed by atoms with E-state index in [-0.39, 0.29) is 18.1 Å². The number of benzene rings is 1. The lowest BCUT2D eigenvalue weighted by atomic mass is 10.0. The number of nitrogens with zero attached hydrogens (tertiary/aromatic N) is 1. The molecule has 0 radical (unpaired) electrons. The Morgan fingerprint density at radius 2 is 2.14 bits per heavy atom. The molecule has 122 valence electrons. The topological polar surface area (TPSA) is 52.6 Å². The predicted octanol–water partition coefficient (Wildman–Crippen LogP) is 1.74. The molecule has 1 aromatic carbocycles. The maximum absolute atomic E-state index is 12.3.